The molecule has 1 aromatic heterocycles. The highest BCUT2D eigenvalue weighted by atomic mass is 32.1. The zero-order chi connectivity index (χ0) is 15.4. The van der Waals surface area contributed by atoms with Crippen molar-refractivity contribution in [3.8, 4) is 0 Å². The molecule has 1 aromatic carbocycles. The molecular formula is C16H20N4OS. The summed E-state index contributed by atoms with van der Waals surface area (Å²) in [6, 6.07) is 8.30. The monoisotopic (exact) mass is 316 g/mol. The van der Waals surface area contributed by atoms with Gasteiger partial charge in [-0.05, 0) is 25.0 Å². The molecule has 22 heavy (non-hydrogen) atoms. The van der Waals surface area contributed by atoms with Gasteiger partial charge in [-0.15, -0.1) is 11.3 Å². The Labute approximate surface area is 134 Å². The first-order valence-electron chi connectivity index (χ1n) is 7.48. The van der Waals surface area contributed by atoms with Gasteiger partial charge in [0.05, 0.1) is 23.4 Å². The maximum atomic E-state index is 11.3. The molecule has 0 bridgehead atoms. The fourth-order valence-corrected chi connectivity index (χ4v) is 3.35. The smallest absolute Gasteiger partial charge is 0.220 e. The number of piperidine rings is 1. The maximum Gasteiger partial charge on any atom is 0.220 e. The van der Waals surface area contributed by atoms with Crippen LogP contribution in [0, 0.1) is 5.92 Å². The lowest BCUT2D eigenvalue weighted by Crippen LogP contribution is -2.38. The fraction of sp³-hybridized carbons (Fsp3) is 0.375. The third-order valence-corrected chi connectivity index (χ3v) is 4.86. The third kappa shape index (κ3) is 3.39. The number of aromatic nitrogens is 1. The Bertz CT molecular complexity index is 621. The summed E-state index contributed by atoms with van der Waals surface area (Å²) in [6.45, 7) is 2.51. The molecule has 1 fully saturated rings. The normalized spacial score (nSPS) is 15.7. The number of nitrogens with one attached hydrogen (secondary N) is 1. The molecule has 3 N–H and O–H groups in total. The lowest BCUT2D eigenvalue weighted by Gasteiger charge is -2.33. The number of rotatable bonds is 5. The van der Waals surface area contributed by atoms with Crippen LogP contribution < -0.4 is 16.0 Å². The Morgan fingerprint density at radius 1 is 1.36 bits per heavy atom. The molecule has 2 heterocycles. The number of primary amides is 1. The van der Waals surface area contributed by atoms with Crippen LogP contribution in [0.3, 0.4) is 0 Å². The number of thiazole rings is 1. The Balaban J connectivity index is 1.67. The van der Waals surface area contributed by atoms with Crippen LogP contribution >= 0.6 is 11.3 Å². The number of hydrogen-bond donors (Lipinski definition) is 2. The van der Waals surface area contributed by atoms with Crippen LogP contribution in [0.25, 0.3) is 0 Å². The quantitative estimate of drug-likeness (QED) is 0.889. The molecule has 0 atom stereocenters. The number of carbonyl (C=O) groups is 1. The standard InChI is InChI=1S/C16H20N4OS/c17-16(21)12-5-7-20(8-6-12)15-4-2-1-3-14(15)19-10-13-9-18-11-22-13/h1-4,9,11-12,19H,5-8,10H2,(H2,17,21). The first kappa shape index (κ1) is 14.8. The van der Waals surface area contributed by atoms with Crippen molar-refractivity contribution in [1.29, 1.82) is 0 Å². The van der Waals surface area contributed by atoms with Gasteiger partial charge in [-0.25, -0.2) is 0 Å². The van der Waals surface area contributed by atoms with Crippen molar-refractivity contribution in [2.75, 3.05) is 23.3 Å². The highest BCUT2D eigenvalue weighted by molar-refractivity contribution is 7.09. The van der Waals surface area contributed by atoms with Crippen molar-refractivity contribution in [3.05, 3.63) is 40.8 Å². The summed E-state index contributed by atoms with van der Waals surface area (Å²) in [4.78, 5) is 18.9. The third-order valence-electron chi connectivity index (χ3n) is 4.08. The summed E-state index contributed by atoms with van der Waals surface area (Å²) >= 11 is 1.65. The second-order valence-electron chi connectivity index (χ2n) is 5.50. The van der Waals surface area contributed by atoms with E-state index in [4.69, 9.17) is 5.73 Å². The number of nitrogens with two attached hydrogens (primary N) is 1. The molecule has 1 aliphatic rings. The molecule has 0 aliphatic carbocycles. The van der Waals surface area contributed by atoms with Crippen molar-refractivity contribution >= 4 is 28.6 Å². The van der Waals surface area contributed by atoms with Crippen LogP contribution in [0.5, 0.6) is 0 Å². The van der Waals surface area contributed by atoms with Gasteiger partial charge in [-0.3, -0.25) is 9.78 Å². The van der Waals surface area contributed by atoms with Gasteiger partial charge in [0.1, 0.15) is 0 Å². The summed E-state index contributed by atoms with van der Waals surface area (Å²) in [5.74, 6) is -0.148. The van der Waals surface area contributed by atoms with E-state index in [2.05, 4.69) is 27.3 Å². The van der Waals surface area contributed by atoms with Crippen LogP contribution in [-0.4, -0.2) is 24.0 Å². The molecule has 116 valence electrons. The van der Waals surface area contributed by atoms with E-state index in [-0.39, 0.29) is 11.8 Å². The van der Waals surface area contributed by atoms with E-state index >= 15 is 0 Å². The highest BCUT2D eigenvalue weighted by Gasteiger charge is 2.24. The molecule has 1 amide bonds. The lowest BCUT2D eigenvalue weighted by molar-refractivity contribution is -0.122. The molecular weight excluding hydrogens is 296 g/mol. The SMILES string of the molecule is NC(=O)C1CCN(c2ccccc2NCc2cncs2)CC1. The molecule has 6 heteroatoms. The fourth-order valence-electron chi connectivity index (χ4n) is 2.82. The first-order chi connectivity index (χ1) is 10.7. The van der Waals surface area contributed by atoms with Gasteiger partial charge in [-0.2, -0.15) is 0 Å². The number of para-hydroxylation sites is 2. The molecule has 5 nitrogen and oxygen atoms in total. The Morgan fingerprint density at radius 3 is 2.82 bits per heavy atom. The average molecular weight is 316 g/mol. The molecule has 3 rings (SSSR count). The van der Waals surface area contributed by atoms with Crippen molar-refractivity contribution < 1.29 is 4.79 Å². The maximum absolute atomic E-state index is 11.3. The van der Waals surface area contributed by atoms with Crippen molar-refractivity contribution in [1.82, 2.24) is 4.98 Å². The Kier molecular flexibility index (Phi) is 4.58. The minimum atomic E-state index is -0.170. The topological polar surface area (TPSA) is 71.2 Å². The number of anilines is 2. The largest absolute Gasteiger partial charge is 0.378 e. The first-order valence-corrected chi connectivity index (χ1v) is 8.36. The van der Waals surface area contributed by atoms with Gasteiger partial charge in [-0.1, -0.05) is 12.1 Å². The molecule has 0 saturated carbocycles. The second kappa shape index (κ2) is 6.79. The molecule has 1 saturated heterocycles. The van der Waals surface area contributed by atoms with Crippen LogP contribution in [0.2, 0.25) is 0 Å². The molecule has 1 aliphatic heterocycles. The Hall–Kier alpha value is -2.08. The molecule has 2 aromatic rings. The van der Waals surface area contributed by atoms with Crippen molar-refractivity contribution in [3.63, 3.8) is 0 Å². The Morgan fingerprint density at radius 2 is 2.14 bits per heavy atom. The van der Waals surface area contributed by atoms with Crippen LogP contribution in [0.4, 0.5) is 11.4 Å². The van der Waals surface area contributed by atoms with E-state index in [9.17, 15) is 4.79 Å². The summed E-state index contributed by atoms with van der Waals surface area (Å²) in [5, 5.41) is 3.48. The van der Waals surface area contributed by atoms with Gasteiger partial charge >= 0.3 is 0 Å². The number of amides is 1. The van der Waals surface area contributed by atoms with Gasteiger partial charge < -0.3 is 16.0 Å². The van der Waals surface area contributed by atoms with E-state index in [1.165, 1.54) is 10.6 Å². The summed E-state index contributed by atoms with van der Waals surface area (Å²) in [5.41, 5.74) is 9.56. The predicted molar refractivity (Wildman–Crippen MR) is 90.0 cm³/mol. The van der Waals surface area contributed by atoms with Crippen molar-refractivity contribution in [2.45, 2.75) is 19.4 Å². The minimum Gasteiger partial charge on any atom is -0.378 e. The number of benzene rings is 1. The van der Waals surface area contributed by atoms with Gasteiger partial charge in [0, 0.05) is 30.1 Å². The zero-order valence-corrected chi connectivity index (χ0v) is 13.2. The minimum absolute atomic E-state index is 0.0218. The van der Waals surface area contributed by atoms with E-state index in [1.54, 1.807) is 11.3 Å². The van der Waals surface area contributed by atoms with Crippen molar-refractivity contribution in [2.24, 2.45) is 11.7 Å². The zero-order valence-electron chi connectivity index (χ0n) is 12.4. The van der Waals surface area contributed by atoms with E-state index < -0.39 is 0 Å². The van der Waals surface area contributed by atoms with E-state index in [0.29, 0.717) is 0 Å². The lowest BCUT2D eigenvalue weighted by atomic mass is 9.96. The van der Waals surface area contributed by atoms with E-state index in [0.717, 1.165) is 38.2 Å². The van der Waals surface area contributed by atoms with Gasteiger partial charge in [0.25, 0.3) is 0 Å². The van der Waals surface area contributed by atoms with Crippen LogP contribution in [-0.2, 0) is 11.3 Å². The molecule has 0 radical (unpaired) electrons. The van der Waals surface area contributed by atoms with Crippen LogP contribution in [0.15, 0.2) is 36.0 Å². The number of hydrogen-bond acceptors (Lipinski definition) is 5. The number of nitrogens with zero attached hydrogens (tertiary/aromatic N) is 2. The summed E-state index contributed by atoms with van der Waals surface area (Å²) in [7, 11) is 0. The predicted octanol–water partition coefficient (Wildman–Crippen LogP) is 2.46. The highest BCUT2D eigenvalue weighted by Crippen LogP contribution is 2.30. The second-order valence-corrected chi connectivity index (χ2v) is 6.47. The average Bonchev–Trinajstić information content (AvgIpc) is 3.07. The summed E-state index contributed by atoms with van der Waals surface area (Å²) in [6.07, 6.45) is 3.55. The molecule has 0 unspecified atom stereocenters. The van der Waals surface area contributed by atoms with Gasteiger partial charge in [0.2, 0.25) is 5.91 Å². The van der Waals surface area contributed by atoms with E-state index in [1.807, 2.05) is 23.8 Å². The number of carbonyl (C=O) groups excluding carboxylic acids is 1. The molecule has 0 spiro atoms. The summed E-state index contributed by atoms with van der Waals surface area (Å²) < 4.78 is 0. The van der Waals surface area contributed by atoms with Gasteiger partial charge in [0.15, 0.2) is 0 Å². The van der Waals surface area contributed by atoms with Crippen LogP contribution in [0.1, 0.15) is 17.7 Å².